The molecule has 0 unspecified atom stereocenters. The van der Waals surface area contributed by atoms with Gasteiger partial charge in [0.05, 0.1) is 0 Å². The average molecular weight is 199 g/mol. The molecule has 1 rings (SSSR count). The van der Waals surface area contributed by atoms with Gasteiger partial charge in [-0.05, 0) is 37.0 Å². The molecule has 1 aliphatic rings. The fourth-order valence-corrected chi connectivity index (χ4v) is 2.31. The maximum absolute atomic E-state index is 11.2. The minimum atomic E-state index is -0.211. The van der Waals surface area contributed by atoms with Gasteiger partial charge in [0, 0.05) is 5.92 Å². The van der Waals surface area contributed by atoms with Gasteiger partial charge in [-0.25, -0.2) is 5.48 Å². The van der Waals surface area contributed by atoms with Crippen molar-refractivity contribution in [1.29, 1.82) is 0 Å². The van der Waals surface area contributed by atoms with Crippen LogP contribution in [-0.2, 0) is 4.79 Å². The van der Waals surface area contributed by atoms with Gasteiger partial charge in [0.1, 0.15) is 0 Å². The summed E-state index contributed by atoms with van der Waals surface area (Å²) in [6.45, 7) is 6.76. The van der Waals surface area contributed by atoms with E-state index in [0.717, 1.165) is 25.7 Å². The zero-order valence-corrected chi connectivity index (χ0v) is 9.34. The minimum absolute atomic E-state index is 0.0265. The highest BCUT2D eigenvalue weighted by atomic mass is 16.5. The van der Waals surface area contributed by atoms with Gasteiger partial charge in [0.15, 0.2) is 0 Å². The van der Waals surface area contributed by atoms with Gasteiger partial charge in [0.25, 0.3) is 0 Å². The Labute approximate surface area is 85.8 Å². The number of carbonyl (C=O) groups is 1. The molecule has 2 N–H and O–H groups in total. The van der Waals surface area contributed by atoms with E-state index in [2.05, 4.69) is 20.8 Å². The third-order valence-electron chi connectivity index (χ3n) is 3.43. The van der Waals surface area contributed by atoms with Gasteiger partial charge < -0.3 is 0 Å². The quantitative estimate of drug-likeness (QED) is 0.503. The highest BCUT2D eigenvalue weighted by Gasteiger charge is 2.32. The fraction of sp³-hybridized carbons (Fsp3) is 0.909. The van der Waals surface area contributed by atoms with Gasteiger partial charge in [-0.15, -0.1) is 0 Å². The Morgan fingerprint density at radius 3 is 2.07 bits per heavy atom. The Morgan fingerprint density at radius 1 is 1.21 bits per heavy atom. The molecule has 0 saturated heterocycles. The Bertz CT molecular complexity index is 200. The summed E-state index contributed by atoms with van der Waals surface area (Å²) in [5.74, 6) is 0.529. The Morgan fingerprint density at radius 2 is 1.71 bits per heavy atom. The summed E-state index contributed by atoms with van der Waals surface area (Å²) in [5.41, 5.74) is 2.10. The van der Waals surface area contributed by atoms with E-state index in [-0.39, 0.29) is 11.8 Å². The van der Waals surface area contributed by atoms with Crippen LogP contribution in [0.25, 0.3) is 0 Å². The topological polar surface area (TPSA) is 49.3 Å². The standard InChI is InChI=1S/C11H21NO2/c1-11(2,3)9-6-4-8(5-7-9)10(13)12-14/h8-9,14H,4-7H2,1-3H3,(H,12,13)/t8-,9+. The van der Waals surface area contributed by atoms with Crippen molar-refractivity contribution < 1.29 is 10.0 Å². The van der Waals surface area contributed by atoms with Crippen LogP contribution >= 0.6 is 0 Å². The van der Waals surface area contributed by atoms with Crippen LogP contribution in [0.4, 0.5) is 0 Å². The van der Waals surface area contributed by atoms with Crippen LogP contribution in [0.3, 0.4) is 0 Å². The molecule has 0 radical (unpaired) electrons. The summed E-state index contributed by atoms with van der Waals surface area (Å²) in [5, 5.41) is 8.51. The molecule has 0 aromatic rings. The molecule has 0 aliphatic heterocycles. The number of amides is 1. The van der Waals surface area contributed by atoms with Crippen molar-refractivity contribution in [3.05, 3.63) is 0 Å². The van der Waals surface area contributed by atoms with Crippen LogP contribution in [0.5, 0.6) is 0 Å². The van der Waals surface area contributed by atoms with Crippen molar-refractivity contribution in [2.24, 2.45) is 17.3 Å². The van der Waals surface area contributed by atoms with Crippen molar-refractivity contribution in [3.63, 3.8) is 0 Å². The van der Waals surface area contributed by atoms with E-state index in [1.807, 2.05) is 0 Å². The monoisotopic (exact) mass is 199 g/mol. The van der Waals surface area contributed by atoms with E-state index in [4.69, 9.17) is 5.21 Å². The zero-order valence-electron chi connectivity index (χ0n) is 9.34. The molecular weight excluding hydrogens is 178 g/mol. The lowest BCUT2D eigenvalue weighted by Gasteiger charge is -2.36. The lowest BCUT2D eigenvalue weighted by molar-refractivity contribution is -0.135. The normalized spacial score (nSPS) is 28.6. The smallest absolute Gasteiger partial charge is 0.246 e. The van der Waals surface area contributed by atoms with E-state index < -0.39 is 0 Å². The van der Waals surface area contributed by atoms with Gasteiger partial charge in [-0.1, -0.05) is 20.8 Å². The number of hydrogen-bond acceptors (Lipinski definition) is 2. The highest BCUT2D eigenvalue weighted by Crippen LogP contribution is 2.39. The third kappa shape index (κ3) is 2.71. The molecule has 1 fully saturated rings. The van der Waals surface area contributed by atoms with Crippen molar-refractivity contribution in [3.8, 4) is 0 Å². The van der Waals surface area contributed by atoms with Crippen LogP contribution in [0.15, 0.2) is 0 Å². The highest BCUT2D eigenvalue weighted by molar-refractivity contribution is 5.77. The first-order valence-corrected chi connectivity index (χ1v) is 5.39. The van der Waals surface area contributed by atoms with Crippen molar-refractivity contribution in [1.82, 2.24) is 5.48 Å². The van der Waals surface area contributed by atoms with Gasteiger partial charge in [-0.3, -0.25) is 10.0 Å². The van der Waals surface area contributed by atoms with Gasteiger partial charge in [-0.2, -0.15) is 0 Å². The van der Waals surface area contributed by atoms with E-state index >= 15 is 0 Å². The van der Waals surface area contributed by atoms with E-state index in [9.17, 15) is 4.79 Å². The molecule has 1 amide bonds. The Balaban J connectivity index is 2.43. The molecule has 0 atom stereocenters. The molecule has 0 aromatic carbocycles. The van der Waals surface area contributed by atoms with Crippen LogP contribution < -0.4 is 5.48 Å². The molecule has 0 aromatic heterocycles. The largest absolute Gasteiger partial charge is 0.289 e. The summed E-state index contributed by atoms with van der Waals surface area (Å²) in [7, 11) is 0. The van der Waals surface area contributed by atoms with Crippen molar-refractivity contribution in [2.45, 2.75) is 46.5 Å². The maximum Gasteiger partial charge on any atom is 0.246 e. The summed E-state index contributed by atoms with van der Waals surface area (Å²) >= 11 is 0. The molecule has 1 saturated carbocycles. The van der Waals surface area contributed by atoms with Crippen LogP contribution in [0, 0.1) is 17.3 Å². The zero-order chi connectivity index (χ0) is 10.8. The molecule has 0 spiro atoms. The van der Waals surface area contributed by atoms with Gasteiger partial charge in [0.2, 0.25) is 5.91 Å². The average Bonchev–Trinajstić information content (AvgIpc) is 2.15. The first kappa shape index (κ1) is 11.5. The second-order valence-corrected chi connectivity index (χ2v) is 5.39. The summed E-state index contributed by atoms with van der Waals surface area (Å²) in [4.78, 5) is 11.2. The second kappa shape index (κ2) is 4.30. The first-order valence-electron chi connectivity index (χ1n) is 5.39. The van der Waals surface area contributed by atoms with Crippen molar-refractivity contribution >= 4 is 5.91 Å². The second-order valence-electron chi connectivity index (χ2n) is 5.39. The first-order chi connectivity index (χ1) is 6.45. The number of hydrogen-bond donors (Lipinski definition) is 2. The predicted molar refractivity (Wildman–Crippen MR) is 54.8 cm³/mol. The van der Waals surface area contributed by atoms with Crippen LogP contribution in [0.2, 0.25) is 0 Å². The molecule has 3 nitrogen and oxygen atoms in total. The summed E-state index contributed by atoms with van der Waals surface area (Å²) in [6.07, 6.45) is 4.02. The number of hydroxylamine groups is 1. The SMILES string of the molecule is CC(C)(C)[C@H]1CC[C@@H](C(=O)NO)CC1. The Hall–Kier alpha value is -0.570. The van der Waals surface area contributed by atoms with E-state index in [0.29, 0.717) is 11.3 Å². The molecule has 14 heavy (non-hydrogen) atoms. The van der Waals surface area contributed by atoms with Crippen LogP contribution in [0.1, 0.15) is 46.5 Å². The third-order valence-corrected chi connectivity index (χ3v) is 3.43. The lowest BCUT2D eigenvalue weighted by Crippen LogP contribution is -2.33. The van der Waals surface area contributed by atoms with E-state index in [1.165, 1.54) is 0 Å². The summed E-state index contributed by atoms with van der Waals surface area (Å²) in [6, 6.07) is 0. The molecule has 82 valence electrons. The minimum Gasteiger partial charge on any atom is -0.289 e. The van der Waals surface area contributed by atoms with E-state index in [1.54, 1.807) is 5.48 Å². The molecular formula is C11H21NO2. The summed E-state index contributed by atoms with van der Waals surface area (Å²) < 4.78 is 0. The molecule has 0 bridgehead atoms. The number of rotatable bonds is 1. The number of nitrogens with one attached hydrogen (secondary N) is 1. The molecule has 0 heterocycles. The maximum atomic E-state index is 11.2. The van der Waals surface area contributed by atoms with Crippen molar-refractivity contribution in [2.75, 3.05) is 0 Å². The lowest BCUT2D eigenvalue weighted by atomic mass is 9.70. The Kier molecular flexibility index (Phi) is 3.53. The predicted octanol–water partition coefficient (Wildman–Crippen LogP) is 2.34. The molecule has 3 heteroatoms. The molecule has 1 aliphatic carbocycles. The van der Waals surface area contributed by atoms with Crippen LogP contribution in [-0.4, -0.2) is 11.1 Å². The fourth-order valence-electron chi connectivity index (χ4n) is 2.31. The number of carbonyl (C=O) groups excluding carboxylic acids is 1. The van der Waals surface area contributed by atoms with Gasteiger partial charge >= 0.3 is 0 Å².